The van der Waals surface area contributed by atoms with E-state index in [9.17, 15) is 24.2 Å². The molecule has 0 amide bonds. The number of ether oxygens (including phenoxy) is 2. The lowest BCUT2D eigenvalue weighted by molar-refractivity contribution is -0.161. The van der Waals surface area contributed by atoms with Gasteiger partial charge >= 0.3 is 19.8 Å². The number of rotatable bonds is 38. The first kappa shape index (κ1) is 52.4. The number of hydrogen-bond acceptors (Lipinski definition) is 9. The van der Waals surface area contributed by atoms with E-state index in [-0.39, 0.29) is 19.4 Å². The Balaban J connectivity index is 4.49. The molecule has 0 heterocycles. The molecule has 0 fully saturated rings. The van der Waals surface area contributed by atoms with E-state index in [0.717, 1.165) is 51.4 Å². The summed E-state index contributed by atoms with van der Waals surface area (Å²) in [6, 6.07) is 0. The van der Waals surface area contributed by atoms with E-state index < -0.39 is 51.8 Å². The summed E-state index contributed by atoms with van der Waals surface area (Å²) in [6.45, 7) is 2.22. The van der Waals surface area contributed by atoms with Crippen molar-refractivity contribution in [2.45, 2.75) is 167 Å². The summed E-state index contributed by atoms with van der Waals surface area (Å²) in [7, 11) is -4.64. The maximum Gasteiger partial charge on any atom is 0.472 e. The highest BCUT2D eigenvalue weighted by atomic mass is 31.2. The molecule has 0 radical (unpaired) electrons. The van der Waals surface area contributed by atoms with Gasteiger partial charge in [0.05, 0.1) is 19.8 Å². The minimum Gasteiger partial charge on any atom is -0.462 e. The number of carbonyl (C=O) groups is 2. The van der Waals surface area contributed by atoms with Gasteiger partial charge in [-0.05, 0) is 83.5 Å². The number of hydrogen-bond donors (Lipinski definition) is 3. The van der Waals surface area contributed by atoms with E-state index >= 15 is 0 Å². The van der Waals surface area contributed by atoms with Gasteiger partial charge in [0.15, 0.2) is 6.10 Å². The largest absolute Gasteiger partial charge is 0.472 e. The van der Waals surface area contributed by atoms with Crippen LogP contribution in [0.2, 0.25) is 0 Å². The minimum atomic E-state index is -4.64. The average molecular weight is 795 g/mol. The second-order valence-electron chi connectivity index (χ2n) is 13.7. The zero-order valence-electron chi connectivity index (χ0n) is 34.1. The summed E-state index contributed by atoms with van der Waals surface area (Å²) in [4.78, 5) is 34.9. The molecule has 0 saturated heterocycles. The van der Waals surface area contributed by atoms with Crippen LogP contribution < -0.4 is 0 Å². The molecule has 3 N–H and O–H groups in total. The number of aliphatic hydroxyl groups is 2. The number of phosphoric ester groups is 1. The highest BCUT2D eigenvalue weighted by molar-refractivity contribution is 7.47. The molecule has 1 unspecified atom stereocenters. The third-order valence-electron chi connectivity index (χ3n) is 8.33. The van der Waals surface area contributed by atoms with Gasteiger partial charge in [0, 0.05) is 12.8 Å². The maximum absolute atomic E-state index is 12.6. The van der Waals surface area contributed by atoms with Gasteiger partial charge < -0.3 is 24.6 Å². The molecule has 10 nitrogen and oxygen atoms in total. The molecule has 0 aliphatic rings. The zero-order chi connectivity index (χ0) is 40.5. The van der Waals surface area contributed by atoms with Crippen LogP contribution in [0, 0.1) is 0 Å². The lowest BCUT2D eigenvalue weighted by Crippen LogP contribution is -2.29. The summed E-state index contributed by atoms with van der Waals surface area (Å²) < 4.78 is 32.6. The van der Waals surface area contributed by atoms with E-state index in [1.807, 2.05) is 6.08 Å². The molecule has 0 aromatic carbocycles. The number of aliphatic hydroxyl groups excluding tert-OH is 2. The standard InChI is InChI=1S/C44H75O10P/c1-3-5-7-9-11-13-15-17-19-20-22-24-26-28-30-32-34-36-44(48)54-42(40-53-55(49,50)52-38-41(46)37-45)39-51-43(47)35-33-31-29-27-25-23-21-18-16-14-12-10-8-6-4-2/h12,14,17-19,21-22,24-25,27-28,30,41-42,45-46H,3-11,13,15-16,20,23,26,29,31-40H2,1-2H3,(H,49,50)/b14-12-,19-17-,21-18-,24-22-,27-25-,30-28-/t41-,42+/m0/s1. The molecule has 3 atom stereocenters. The fourth-order valence-electron chi connectivity index (χ4n) is 5.07. The Bertz CT molecular complexity index is 1140. The average Bonchev–Trinajstić information content (AvgIpc) is 3.17. The molecule has 0 spiro atoms. The fourth-order valence-corrected chi connectivity index (χ4v) is 5.86. The van der Waals surface area contributed by atoms with E-state index in [2.05, 4.69) is 85.2 Å². The van der Waals surface area contributed by atoms with Crippen LogP contribution in [0.25, 0.3) is 0 Å². The molecule has 0 saturated carbocycles. The molecule has 316 valence electrons. The van der Waals surface area contributed by atoms with Crippen molar-refractivity contribution in [2.75, 3.05) is 26.4 Å². The van der Waals surface area contributed by atoms with E-state index in [4.69, 9.17) is 19.1 Å². The fraction of sp³-hybridized carbons (Fsp3) is 0.682. The predicted octanol–water partition coefficient (Wildman–Crippen LogP) is 10.9. The molecular weight excluding hydrogens is 719 g/mol. The Morgan fingerprint density at radius 1 is 0.545 bits per heavy atom. The quantitative estimate of drug-likeness (QED) is 0.0239. The molecular formula is C44H75O10P. The van der Waals surface area contributed by atoms with Crippen LogP contribution in [-0.2, 0) is 32.7 Å². The van der Waals surface area contributed by atoms with E-state index in [0.29, 0.717) is 19.3 Å². The highest BCUT2D eigenvalue weighted by Gasteiger charge is 2.27. The SMILES string of the molecule is CCCCC/C=C\C/C=C\C/C=C\CCCCC(=O)OC[C@H](COP(=O)(O)OC[C@@H](O)CO)OC(=O)CCC/C=C\C/C=C\C/C=C\CCCCCCCC. The summed E-state index contributed by atoms with van der Waals surface area (Å²) >= 11 is 0. The highest BCUT2D eigenvalue weighted by Crippen LogP contribution is 2.43. The normalized spacial score (nSPS) is 14.6. The Morgan fingerprint density at radius 3 is 1.51 bits per heavy atom. The van der Waals surface area contributed by atoms with Crippen molar-refractivity contribution < 1.29 is 47.8 Å². The first-order chi connectivity index (χ1) is 26.7. The summed E-state index contributed by atoms with van der Waals surface area (Å²) in [5.41, 5.74) is 0. The summed E-state index contributed by atoms with van der Waals surface area (Å²) in [5, 5.41) is 18.3. The second kappa shape index (κ2) is 39.6. The molecule has 55 heavy (non-hydrogen) atoms. The number of esters is 2. The summed E-state index contributed by atoms with van der Waals surface area (Å²) in [6.07, 6.45) is 44.5. The third kappa shape index (κ3) is 39.4. The van der Waals surface area contributed by atoms with Crippen LogP contribution in [0.1, 0.15) is 155 Å². The van der Waals surface area contributed by atoms with Gasteiger partial charge in [0.1, 0.15) is 12.7 Å². The van der Waals surface area contributed by atoms with Crippen LogP contribution in [0.3, 0.4) is 0 Å². The minimum absolute atomic E-state index is 0.101. The van der Waals surface area contributed by atoms with Crippen LogP contribution >= 0.6 is 7.82 Å². The molecule has 0 aromatic heterocycles. The van der Waals surface area contributed by atoms with Crippen LogP contribution in [0.4, 0.5) is 0 Å². The second-order valence-corrected chi connectivity index (χ2v) is 15.1. The van der Waals surface area contributed by atoms with Crippen LogP contribution in [-0.4, -0.2) is 65.7 Å². The van der Waals surface area contributed by atoms with Gasteiger partial charge in [-0.2, -0.15) is 0 Å². The predicted molar refractivity (Wildman–Crippen MR) is 223 cm³/mol. The molecule has 0 aromatic rings. The molecule has 0 bridgehead atoms. The van der Waals surface area contributed by atoms with Crippen molar-refractivity contribution in [3.05, 3.63) is 72.9 Å². The van der Waals surface area contributed by atoms with Crippen molar-refractivity contribution in [1.29, 1.82) is 0 Å². The molecule has 11 heteroatoms. The Hall–Kier alpha value is -2.59. The van der Waals surface area contributed by atoms with Gasteiger partial charge in [-0.25, -0.2) is 4.57 Å². The molecule has 0 aliphatic heterocycles. The number of unbranched alkanes of at least 4 members (excludes halogenated alkanes) is 12. The molecule has 0 aliphatic carbocycles. The van der Waals surface area contributed by atoms with E-state index in [1.54, 1.807) is 0 Å². The van der Waals surface area contributed by atoms with Gasteiger partial charge in [-0.15, -0.1) is 0 Å². The topological polar surface area (TPSA) is 149 Å². The smallest absolute Gasteiger partial charge is 0.462 e. The van der Waals surface area contributed by atoms with Crippen LogP contribution in [0.5, 0.6) is 0 Å². The lowest BCUT2D eigenvalue weighted by Gasteiger charge is -2.20. The van der Waals surface area contributed by atoms with Crippen molar-refractivity contribution in [1.82, 2.24) is 0 Å². The van der Waals surface area contributed by atoms with Crippen LogP contribution in [0.15, 0.2) is 72.9 Å². The Labute approximate surface area is 333 Å². The van der Waals surface area contributed by atoms with Gasteiger partial charge in [0.2, 0.25) is 0 Å². The van der Waals surface area contributed by atoms with Gasteiger partial charge in [-0.1, -0.05) is 132 Å². The zero-order valence-corrected chi connectivity index (χ0v) is 35.0. The third-order valence-corrected chi connectivity index (χ3v) is 9.28. The maximum atomic E-state index is 12.6. The number of allylic oxidation sites excluding steroid dienone is 12. The van der Waals surface area contributed by atoms with Crippen molar-refractivity contribution in [2.24, 2.45) is 0 Å². The number of carbonyl (C=O) groups excluding carboxylic acids is 2. The van der Waals surface area contributed by atoms with Gasteiger partial charge in [-0.3, -0.25) is 18.6 Å². The van der Waals surface area contributed by atoms with Crippen molar-refractivity contribution in [3.63, 3.8) is 0 Å². The Morgan fingerprint density at radius 2 is 0.964 bits per heavy atom. The first-order valence-electron chi connectivity index (χ1n) is 20.9. The lowest BCUT2D eigenvalue weighted by atomic mass is 10.1. The van der Waals surface area contributed by atoms with Crippen molar-refractivity contribution >= 4 is 19.8 Å². The van der Waals surface area contributed by atoms with E-state index in [1.165, 1.54) is 57.8 Å². The first-order valence-corrected chi connectivity index (χ1v) is 22.4. The van der Waals surface area contributed by atoms with Crippen molar-refractivity contribution in [3.8, 4) is 0 Å². The van der Waals surface area contributed by atoms with Gasteiger partial charge in [0.25, 0.3) is 0 Å². The Kier molecular flexibility index (Phi) is 37.8. The number of phosphoric acid groups is 1. The molecule has 0 rings (SSSR count). The summed E-state index contributed by atoms with van der Waals surface area (Å²) in [5.74, 6) is -1.04. The monoisotopic (exact) mass is 795 g/mol.